The van der Waals surface area contributed by atoms with Gasteiger partial charge in [0, 0.05) is 18.2 Å². The first-order valence-corrected chi connectivity index (χ1v) is 5.66. The number of hydrogen-bond acceptors (Lipinski definition) is 4. The average molecular weight is 235 g/mol. The van der Waals surface area contributed by atoms with Crippen LogP contribution in [-0.4, -0.2) is 20.4 Å². The van der Waals surface area contributed by atoms with Crippen LogP contribution in [0.4, 0.5) is 0 Å². The minimum absolute atomic E-state index is 0.284. The smallest absolute Gasteiger partial charge is 0.231 e. The van der Waals surface area contributed by atoms with Gasteiger partial charge in [-0.2, -0.15) is 0 Å². The molecule has 0 saturated heterocycles. The summed E-state index contributed by atoms with van der Waals surface area (Å²) in [6.45, 7) is 3.55. The molecule has 0 spiro atoms. The Bertz CT molecular complexity index is 415. The second kappa shape index (κ2) is 5.59. The van der Waals surface area contributed by atoms with Crippen molar-refractivity contribution in [1.29, 1.82) is 0 Å². The Kier molecular flexibility index (Phi) is 3.88. The molecule has 0 amide bonds. The first kappa shape index (κ1) is 11.8. The van der Waals surface area contributed by atoms with E-state index < -0.39 is 0 Å². The van der Waals surface area contributed by atoms with E-state index in [1.54, 1.807) is 0 Å². The van der Waals surface area contributed by atoms with E-state index in [-0.39, 0.29) is 6.79 Å². The molecule has 0 fully saturated rings. The number of fused-ring (bicyclic) bond motifs is 1. The zero-order valence-corrected chi connectivity index (χ0v) is 10.2. The van der Waals surface area contributed by atoms with Gasteiger partial charge in [-0.25, -0.2) is 0 Å². The fourth-order valence-corrected chi connectivity index (χ4v) is 1.66. The Morgan fingerprint density at radius 1 is 1.35 bits per heavy atom. The fraction of sp³-hybridized carbons (Fsp3) is 0.385. The van der Waals surface area contributed by atoms with Gasteiger partial charge in [-0.3, -0.25) is 0 Å². The highest BCUT2D eigenvalue weighted by Gasteiger charge is 2.17. The van der Waals surface area contributed by atoms with Gasteiger partial charge >= 0.3 is 0 Å². The number of hydrogen-bond donors (Lipinski definition) is 1. The van der Waals surface area contributed by atoms with Gasteiger partial charge in [0.2, 0.25) is 6.79 Å². The van der Waals surface area contributed by atoms with Gasteiger partial charge in [0.15, 0.2) is 11.5 Å². The summed E-state index contributed by atoms with van der Waals surface area (Å²) in [6.07, 6.45) is 3.93. The Labute approximate surface area is 101 Å². The molecule has 92 valence electrons. The van der Waals surface area contributed by atoms with Gasteiger partial charge in [0.25, 0.3) is 0 Å². The van der Waals surface area contributed by atoms with E-state index in [0.29, 0.717) is 6.61 Å². The van der Waals surface area contributed by atoms with Crippen molar-refractivity contribution in [2.24, 2.45) is 0 Å². The normalized spacial score (nSPS) is 13.3. The summed E-state index contributed by atoms with van der Waals surface area (Å²) in [7, 11) is 1.90. The lowest BCUT2D eigenvalue weighted by atomic mass is 10.1. The molecule has 0 aromatic heterocycles. The molecule has 2 rings (SSSR count). The lowest BCUT2D eigenvalue weighted by molar-refractivity contribution is 0.174. The molecule has 17 heavy (non-hydrogen) atoms. The highest BCUT2D eigenvalue weighted by molar-refractivity contribution is 5.51. The van der Waals surface area contributed by atoms with Crippen LogP contribution >= 0.6 is 0 Å². The van der Waals surface area contributed by atoms with Crippen LogP contribution in [0.2, 0.25) is 0 Å². The Morgan fingerprint density at radius 2 is 2.12 bits per heavy atom. The van der Waals surface area contributed by atoms with Crippen molar-refractivity contribution in [2.75, 3.05) is 20.4 Å². The summed E-state index contributed by atoms with van der Waals surface area (Å²) < 4.78 is 16.4. The second-order valence-corrected chi connectivity index (χ2v) is 3.72. The lowest BCUT2D eigenvalue weighted by Crippen LogP contribution is -2.07. The lowest BCUT2D eigenvalue weighted by Gasteiger charge is -2.11. The van der Waals surface area contributed by atoms with Crippen LogP contribution in [0.5, 0.6) is 17.2 Å². The van der Waals surface area contributed by atoms with Gasteiger partial charge in [0.1, 0.15) is 12.4 Å². The van der Waals surface area contributed by atoms with E-state index in [4.69, 9.17) is 14.2 Å². The molecule has 1 aliphatic heterocycles. The average Bonchev–Trinajstić information content (AvgIpc) is 2.77. The van der Waals surface area contributed by atoms with Gasteiger partial charge in [-0.15, -0.1) is 0 Å². The van der Waals surface area contributed by atoms with Gasteiger partial charge in [0.05, 0.1) is 0 Å². The van der Waals surface area contributed by atoms with Crippen LogP contribution in [0, 0.1) is 0 Å². The van der Waals surface area contributed by atoms with Crippen LogP contribution < -0.4 is 19.5 Å². The Balaban J connectivity index is 2.21. The monoisotopic (exact) mass is 235 g/mol. The molecular formula is C13H17NO3. The van der Waals surface area contributed by atoms with Crippen LogP contribution in [0.25, 0.3) is 0 Å². The predicted molar refractivity (Wildman–Crippen MR) is 65.6 cm³/mol. The summed E-state index contributed by atoms with van der Waals surface area (Å²) in [5.74, 6) is 2.37. The van der Waals surface area contributed by atoms with E-state index >= 15 is 0 Å². The largest absolute Gasteiger partial charge is 0.489 e. The Hall–Kier alpha value is -1.68. The summed E-state index contributed by atoms with van der Waals surface area (Å²) >= 11 is 0. The standard InChI is InChI=1S/C13H17NO3/c1-3-4-5-15-11-7-13-12(16-9-17-13)6-10(11)8-14-2/h3-4,6-7,14H,5,8-9H2,1-2H3/b4-3+. The van der Waals surface area contributed by atoms with Crippen LogP contribution in [0.1, 0.15) is 12.5 Å². The zero-order chi connectivity index (χ0) is 12.1. The molecule has 1 aromatic carbocycles. The minimum Gasteiger partial charge on any atom is -0.489 e. The molecular weight excluding hydrogens is 218 g/mol. The van der Waals surface area contributed by atoms with Crippen molar-refractivity contribution in [3.63, 3.8) is 0 Å². The second-order valence-electron chi connectivity index (χ2n) is 3.72. The van der Waals surface area contributed by atoms with E-state index in [2.05, 4.69) is 5.32 Å². The summed E-state index contributed by atoms with van der Waals surface area (Å²) in [5.41, 5.74) is 1.07. The molecule has 1 aliphatic rings. The molecule has 1 N–H and O–H groups in total. The predicted octanol–water partition coefficient (Wildman–Crippen LogP) is 2.09. The minimum atomic E-state index is 0.284. The summed E-state index contributed by atoms with van der Waals surface area (Å²) in [6, 6.07) is 3.85. The molecule has 4 heteroatoms. The molecule has 0 bridgehead atoms. The van der Waals surface area contributed by atoms with Crippen LogP contribution in [-0.2, 0) is 6.54 Å². The third-order valence-electron chi connectivity index (χ3n) is 2.49. The van der Waals surface area contributed by atoms with Crippen molar-refractivity contribution >= 4 is 0 Å². The molecule has 0 atom stereocenters. The van der Waals surface area contributed by atoms with E-state index in [9.17, 15) is 0 Å². The highest BCUT2D eigenvalue weighted by atomic mass is 16.7. The van der Waals surface area contributed by atoms with E-state index in [0.717, 1.165) is 29.4 Å². The summed E-state index contributed by atoms with van der Waals surface area (Å²) in [5, 5.41) is 3.11. The molecule has 0 saturated carbocycles. The van der Waals surface area contributed by atoms with Crippen molar-refractivity contribution < 1.29 is 14.2 Å². The molecule has 4 nitrogen and oxygen atoms in total. The van der Waals surface area contributed by atoms with Crippen molar-refractivity contribution in [1.82, 2.24) is 5.32 Å². The number of rotatable bonds is 5. The van der Waals surface area contributed by atoms with Crippen molar-refractivity contribution in [2.45, 2.75) is 13.5 Å². The van der Waals surface area contributed by atoms with Crippen molar-refractivity contribution in [3.8, 4) is 17.2 Å². The maximum Gasteiger partial charge on any atom is 0.231 e. The molecule has 1 aromatic rings. The number of nitrogens with one attached hydrogen (secondary N) is 1. The van der Waals surface area contributed by atoms with Gasteiger partial charge < -0.3 is 19.5 Å². The quantitative estimate of drug-likeness (QED) is 0.793. The van der Waals surface area contributed by atoms with Gasteiger partial charge in [-0.05, 0) is 20.0 Å². The summed E-state index contributed by atoms with van der Waals surface area (Å²) in [4.78, 5) is 0. The van der Waals surface area contributed by atoms with Crippen LogP contribution in [0.3, 0.4) is 0 Å². The van der Waals surface area contributed by atoms with E-state index in [1.165, 1.54) is 0 Å². The number of benzene rings is 1. The Morgan fingerprint density at radius 3 is 2.82 bits per heavy atom. The topological polar surface area (TPSA) is 39.7 Å². The van der Waals surface area contributed by atoms with Crippen LogP contribution in [0.15, 0.2) is 24.3 Å². The zero-order valence-electron chi connectivity index (χ0n) is 10.2. The number of ether oxygens (including phenoxy) is 3. The molecule has 0 aliphatic carbocycles. The van der Waals surface area contributed by atoms with Gasteiger partial charge in [-0.1, -0.05) is 12.2 Å². The maximum absolute atomic E-state index is 5.69. The molecule has 0 unspecified atom stereocenters. The first-order chi connectivity index (χ1) is 8.35. The molecule has 0 radical (unpaired) electrons. The third kappa shape index (κ3) is 2.71. The third-order valence-corrected chi connectivity index (χ3v) is 2.49. The molecule has 1 heterocycles. The fourth-order valence-electron chi connectivity index (χ4n) is 1.66. The van der Waals surface area contributed by atoms with Crippen molar-refractivity contribution in [3.05, 3.63) is 29.8 Å². The highest BCUT2D eigenvalue weighted by Crippen LogP contribution is 2.38. The number of allylic oxidation sites excluding steroid dienone is 1. The van der Waals surface area contributed by atoms with E-state index in [1.807, 2.05) is 38.3 Å². The SMILES string of the molecule is C/C=C/COc1cc2c(cc1CNC)OCO2. The maximum atomic E-state index is 5.69. The first-order valence-electron chi connectivity index (χ1n) is 5.66.